The number of nitrogens with one attached hydrogen (secondary N) is 2. The molecule has 0 spiro atoms. The monoisotopic (exact) mass is 345 g/mol. The normalized spacial score (nSPS) is 10.7. The molecular formula is C13H11N7O3S. The number of thioether (sulfide) groups is 1. The van der Waals surface area contributed by atoms with Crippen molar-refractivity contribution in [1.82, 2.24) is 29.8 Å². The molecule has 0 amide bonds. The Morgan fingerprint density at radius 3 is 3.12 bits per heavy atom. The zero-order chi connectivity index (χ0) is 17.1. The summed E-state index contributed by atoms with van der Waals surface area (Å²) in [7, 11) is 0. The quantitative estimate of drug-likeness (QED) is 0.502. The Labute approximate surface area is 138 Å². The van der Waals surface area contributed by atoms with E-state index in [1.54, 1.807) is 13.0 Å². The molecule has 24 heavy (non-hydrogen) atoms. The van der Waals surface area contributed by atoms with Gasteiger partial charge in [0.05, 0.1) is 12.8 Å². The van der Waals surface area contributed by atoms with Crippen LogP contribution in [-0.2, 0) is 10.5 Å². The molecule has 3 rings (SSSR count). The molecule has 0 fully saturated rings. The van der Waals surface area contributed by atoms with Gasteiger partial charge in [-0.25, -0.2) is 14.6 Å². The molecule has 2 N–H and O–H groups in total. The summed E-state index contributed by atoms with van der Waals surface area (Å²) in [5.41, 5.74) is 0.780. The van der Waals surface area contributed by atoms with Crippen molar-refractivity contribution < 1.29 is 9.53 Å². The molecule has 0 bridgehead atoms. The Balaban J connectivity index is 1.78. The zero-order valence-corrected chi connectivity index (χ0v) is 13.3. The van der Waals surface area contributed by atoms with Crippen molar-refractivity contribution in [2.75, 3.05) is 6.61 Å². The third-order valence-electron chi connectivity index (χ3n) is 2.96. The number of hydrogen-bond acceptors (Lipinski definition) is 8. The molecule has 122 valence electrons. The maximum Gasteiger partial charge on any atom is 0.358 e. The standard InChI is InChI=1S/C13H11N7O3S/c1-2-23-11(21)9-3-8(18-19-9)6-24-12-16-10-7(4-14)5-15-20(10)13(22)17-12/h3,5H,2,6H2,1H3,(H,18,19)(H,16,17,22). The molecule has 0 saturated carbocycles. The molecular weight excluding hydrogens is 334 g/mol. The molecule has 0 aliphatic heterocycles. The number of aromatic amines is 2. The first-order chi connectivity index (χ1) is 11.6. The van der Waals surface area contributed by atoms with Crippen LogP contribution in [0.3, 0.4) is 0 Å². The summed E-state index contributed by atoms with van der Waals surface area (Å²) in [6.07, 6.45) is 1.28. The molecule has 0 aromatic carbocycles. The van der Waals surface area contributed by atoms with Crippen LogP contribution in [0.15, 0.2) is 22.2 Å². The van der Waals surface area contributed by atoms with Gasteiger partial charge in [-0.1, -0.05) is 11.8 Å². The summed E-state index contributed by atoms with van der Waals surface area (Å²) < 4.78 is 5.88. The van der Waals surface area contributed by atoms with Crippen molar-refractivity contribution in [3.8, 4) is 6.07 Å². The van der Waals surface area contributed by atoms with E-state index in [-0.39, 0.29) is 23.5 Å². The zero-order valence-electron chi connectivity index (χ0n) is 12.4. The Hall–Kier alpha value is -3.13. The number of H-pyrrole nitrogens is 2. The van der Waals surface area contributed by atoms with E-state index in [0.29, 0.717) is 16.6 Å². The van der Waals surface area contributed by atoms with E-state index in [1.165, 1.54) is 18.0 Å². The second-order valence-electron chi connectivity index (χ2n) is 4.54. The minimum absolute atomic E-state index is 0.187. The lowest BCUT2D eigenvalue weighted by Crippen LogP contribution is -2.19. The third kappa shape index (κ3) is 2.99. The minimum Gasteiger partial charge on any atom is -0.461 e. The van der Waals surface area contributed by atoms with E-state index in [1.807, 2.05) is 6.07 Å². The highest BCUT2D eigenvalue weighted by molar-refractivity contribution is 7.98. The molecule has 0 saturated heterocycles. The first-order valence-electron chi connectivity index (χ1n) is 6.84. The van der Waals surface area contributed by atoms with Crippen LogP contribution in [-0.4, -0.2) is 42.4 Å². The Morgan fingerprint density at radius 2 is 2.38 bits per heavy atom. The summed E-state index contributed by atoms with van der Waals surface area (Å²) in [5.74, 6) is -0.113. The first-order valence-corrected chi connectivity index (χ1v) is 7.83. The van der Waals surface area contributed by atoms with Crippen LogP contribution in [0.5, 0.6) is 0 Å². The number of carbonyl (C=O) groups excluding carboxylic acids is 1. The van der Waals surface area contributed by atoms with Crippen molar-refractivity contribution >= 4 is 23.4 Å². The van der Waals surface area contributed by atoms with Crippen molar-refractivity contribution in [3.05, 3.63) is 39.7 Å². The van der Waals surface area contributed by atoms with Gasteiger partial charge < -0.3 is 4.74 Å². The number of nitrogens with zero attached hydrogens (tertiary/aromatic N) is 5. The number of nitriles is 1. The minimum atomic E-state index is -0.504. The van der Waals surface area contributed by atoms with E-state index < -0.39 is 11.7 Å². The van der Waals surface area contributed by atoms with Gasteiger partial charge in [0.2, 0.25) is 0 Å². The molecule has 10 nitrogen and oxygen atoms in total. The van der Waals surface area contributed by atoms with Crippen LogP contribution in [0.25, 0.3) is 5.65 Å². The number of hydrogen-bond donors (Lipinski definition) is 2. The molecule has 3 aromatic heterocycles. The SMILES string of the molecule is CCOC(=O)c1cc(CSc2nc3c(C#N)cnn3c(=O)[nH]2)[nH]n1. The number of rotatable bonds is 5. The molecule has 0 radical (unpaired) electrons. The number of carbonyl (C=O) groups is 1. The van der Waals surface area contributed by atoms with E-state index in [2.05, 4.69) is 25.3 Å². The number of esters is 1. The predicted octanol–water partition coefficient (Wildman–Crippen LogP) is 0.481. The van der Waals surface area contributed by atoms with Crippen molar-refractivity contribution in [3.63, 3.8) is 0 Å². The van der Waals surface area contributed by atoms with Gasteiger partial charge in [-0.2, -0.15) is 20.0 Å². The van der Waals surface area contributed by atoms with Gasteiger partial charge in [0.15, 0.2) is 16.5 Å². The van der Waals surface area contributed by atoms with Gasteiger partial charge in [-0.3, -0.25) is 10.1 Å². The van der Waals surface area contributed by atoms with Crippen LogP contribution in [0.4, 0.5) is 0 Å². The number of aromatic nitrogens is 6. The molecule has 3 heterocycles. The van der Waals surface area contributed by atoms with Gasteiger partial charge in [0.1, 0.15) is 11.6 Å². The number of fused-ring (bicyclic) bond motifs is 1. The Morgan fingerprint density at radius 1 is 1.54 bits per heavy atom. The molecule has 0 atom stereocenters. The highest BCUT2D eigenvalue weighted by Crippen LogP contribution is 2.18. The van der Waals surface area contributed by atoms with E-state index in [4.69, 9.17) is 10.00 Å². The average molecular weight is 345 g/mol. The first kappa shape index (κ1) is 15.8. The van der Waals surface area contributed by atoms with Crippen molar-refractivity contribution in [2.24, 2.45) is 0 Å². The topological polar surface area (TPSA) is 142 Å². The van der Waals surface area contributed by atoms with Crippen LogP contribution in [0, 0.1) is 11.3 Å². The molecule has 3 aromatic rings. The Bertz CT molecular complexity index is 997. The van der Waals surface area contributed by atoms with Crippen LogP contribution < -0.4 is 5.69 Å². The summed E-state index contributed by atoms with van der Waals surface area (Å²) in [4.78, 5) is 30.2. The maximum absolute atomic E-state index is 11.9. The summed E-state index contributed by atoms with van der Waals surface area (Å²) in [6.45, 7) is 1.99. The highest BCUT2D eigenvalue weighted by Gasteiger charge is 2.13. The smallest absolute Gasteiger partial charge is 0.358 e. The van der Waals surface area contributed by atoms with Gasteiger partial charge in [0, 0.05) is 11.4 Å². The second-order valence-corrected chi connectivity index (χ2v) is 5.50. The van der Waals surface area contributed by atoms with Gasteiger partial charge in [0.25, 0.3) is 0 Å². The molecule has 0 aliphatic carbocycles. The van der Waals surface area contributed by atoms with Gasteiger partial charge in [-0.05, 0) is 13.0 Å². The molecule has 0 unspecified atom stereocenters. The van der Waals surface area contributed by atoms with Gasteiger partial charge in [-0.15, -0.1) is 0 Å². The van der Waals surface area contributed by atoms with Gasteiger partial charge >= 0.3 is 11.7 Å². The van der Waals surface area contributed by atoms with Crippen LogP contribution >= 0.6 is 11.8 Å². The summed E-state index contributed by atoms with van der Waals surface area (Å²) >= 11 is 1.22. The Kier molecular flexibility index (Phi) is 4.30. The molecule has 0 aliphatic rings. The maximum atomic E-state index is 11.9. The van der Waals surface area contributed by atoms with Crippen LogP contribution in [0.1, 0.15) is 28.7 Å². The number of ether oxygens (including phenoxy) is 1. The second kappa shape index (κ2) is 6.55. The fraction of sp³-hybridized carbons (Fsp3) is 0.231. The summed E-state index contributed by atoms with van der Waals surface area (Å²) in [6, 6.07) is 3.50. The summed E-state index contributed by atoms with van der Waals surface area (Å²) in [5, 5.41) is 19.7. The lowest BCUT2D eigenvalue weighted by Gasteiger charge is -2.00. The highest BCUT2D eigenvalue weighted by atomic mass is 32.2. The van der Waals surface area contributed by atoms with E-state index >= 15 is 0 Å². The lowest BCUT2D eigenvalue weighted by atomic mass is 10.4. The third-order valence-corrected chi connectivity index (χ3v) is 3.88. The van der Waals surface area contributed by atoms with Crippen LogP contribution in [0.2, 0.25) is 0 Å². The average Bonchev–Trinajstić information content (AvgIpc) is 3.20. The van der Waals surface area contributed by atoms with E-state index in [9.17, 15) is 9.59 Å². The van der Waals surface area contributed by atoms with Crippen molar-refractivity contribution in [1.29, 1.82) is 5.26 Å². The lowest BCUT2D eigenvalue weighted by molar-refractivity contribution is 0.0519. The fourth-order valence-electron chi connectivity index (χ4n) is 1.91. The van der Waals surface area contributed by atoms with E-state index in [0.717, 1.165) is 4.52 Å². The molecule has 11 heteroatoms. The fourth-order valence-corrected chi connectivity index (χ4v) is 2.66. The predicted molar refractivity (Wildman–Crippen MR) is 82.4 cm³/mol. The van der Waals surface area contributed by atoms with Crippen molar-refractivity contribution in [2.45, 2.75) is 17.8 Å². The largest absolute Gasteiger partial charge is 0.461 e.